The van der Waals surface area contributed by atoms with E-state index >= 15 is 0 Å². The van der Waals surface area contributed by atoms with Crippen LogP contribution < -0.4 is 5.19 Å². The number of benzene rings is 1. The van der Waals surface area contributed by atoms with Crippen LogP contribution in [0.25, 0.3) is 0 Å². The van der Waals surface area contributed by atoms with Gasteiger partial charge in [-0.2, -0.15) is 0 Å². The highest BCUT2D eigenvalue weighted by Gasteiger charge is 2.48. The molecule has 2 aliphatic rings. The second kappa shape index (κ2) is 10.2. The minimum atomic E-state index is -2.90. The van der Waals surface area contributed by atoms with Crippen LogP contribution in [0.5, 0.6) is 0 Å². The maximum absolute atomic E-state index is 14.5. The minimum Gasteiger partial charge on any atom is -0.374 e. The maximum atomic E-state index is 14.5. The van der Waals surface area contributed by atoms with Gasteiger partial charge in [-0.05, 0) is 56.8 Å². The van der Waals surface area contributed by atoms with Crippen LogP contribution in [0.4, 0.5) is 0 Å². The first-order chi connectivity index (χ1) is 15.0. The van der Waals surface area contributed by atoms with E-state index in [-0.39, 0.29) is 11.0 Å². The number of methoxy groups -OCH3 is 1. The van der Waals surface area contributed by atoms with Gasteiger partial charge in [0.25, 0.3) is 0 Å². The zero-order valence-corrected chi connectivity index (χ0v) is 20.2. The summed E-state index contributed by atoms with van der Waals surface area (Å²) in [5.41, 5.74) is 0.472. The molecule has 0 aromatic heterocycles. The van der Waals surface area contributed by atoms with E-state index in [0.29, 0.717) is 0 Å². The highest BCUT2D eigenvalue weighted by molar-refractivity contribution is 7.25. The van der Waals surface area contributed by atoms with Gasteiger partial charge in [-0.1, -0.05) is 90.2 Å². The lowest BCUT2D eigenvalue weighted by Crippen LogP contribution is -2.59. The van der Waals surface area contributed by atoms with Gasteiger partial charge in [0.1, 0.15) is 0 Å². The average molecular weight is 431 g/mol. The highest BCUT2D eigenvalue weighted by Crippen LogP contribution is 2.33. The Morgan fingerprint density at radius 2 is 1.87 bits per heavy atom. The number of allylic oxidation sites excluding steroid dienone is 11. The Morgan fingerprint density at radius 3 is 2.52 bits per heavy atom. The van der Waals surface area contributed by atoms with Gasteiger partial charge in [0.2, 0.25) is 8.07 Å². The maximum Gasteiger partial charge on any atom is 0.226 e. The van der Waals surface area contributed by atoms with Crippen molar-refractivity contribution < 1.29 is 9.53 Å². The largest absolute Gasteiger partial charge is 0.374 e. The molecule has 0 bridgehead atoms. The van der Waals surface area contributed by atoms with E-state index in [1.165, 1.54) is 5.20 Å². The third-order valence-electron chi connectivity index (χ3n) is 6.45. The first-order valence-electron chi connectivity index (χ1n) is 11.2. The molecular formula is C28H34O2Si. The zero-order valence-electron chi connectivity index (χ0n) is 19.2. The van der Waals surface area contributed by atoms with Crippen molar-refractivity contribution in [2.45, 2.75) is 52.1 Å². The Bertz CT molecular complexity index is 978. The molecule has 162 valence electrons. The third kappa shape index (κ3) is 4.73. The van der Waals surface area contributed by atoms with E-state index in [1.54, 1.807) is 7.11 Å². The van der Waals surface area contributed by atoms with E-state index in [1.807, 2.05) is 25.1 Å². The van der Waals surface area contributed by atoms with Gasteiger partial charge in [-0.3, -0.25) is 4.79 Å². The molecule has 0 amide bonds. The number of rotatable bonds is 7. The summed E-state index contributed by atoms with van der Waals surface area (Å²) < 4.78 is 5.71. The molecule has 1 aromatic carbocycles. The van der Waals surface area contributed by atoms with Crippen LogP contribution in [0.3, 0.4) is 0 Å². The SMILES string of the molecule is C/C=C\C=C(/C)[Si](C(=O)C1=CCC[C@](C)(OC)C=C1)(C1=CCCC=C1)c1ccccc1. The van der Waals surface area contributed by atoms with Crippen LogP contribution in [0.15, 0.2) is 101 Å². The van der Waals surface area contributed by atoms with Gasteiger partial charge < -0.3 is 4.74 Å². The van der Waals surface area contributed by atoms with Crippen LogP contribution in [-0.4, -0.2) is 26.2 Å². The van der Waals surface area contributed by atoms with Gasteiger partial charge in [0.05, 0.1) is 5.60 Å². The molecular weight excluding hydrogens is 396 g/mol. The molecule has 0 saturated heterocycles. The monoisotopic (exact) mass is 430 g/mol. The Morgan fingerprint density at radius 1 is 1.10 bits per heavy atom. The van der Waals surface area contributed by atoms with Crippen molar-refractivity contribution in [2.75, 3.05) is 7.11 Å². The summed E-state index contributed by atoms with van der Waals surface area (Å²) in [6.07, 6.45) is 22.8. The average Bonchev–Trinajstić information content (AvgIpc) is 3.01. The smallest absolute Gasteiger partial charge is 0.226 e. The molecule has 2 aliphatic carbocycles. The van der Waals surface area contributed by atoms with Crippen molar-refractivity contribution in [2.24, 2.45) is 0 Å². The van der Waals surface area contributed by atoms with Crippen LogP contribution >= 0.6 is 0 Å². The summed E-state index contributed by atoms with van der Waals surface area (Å²) in [7, 11) is -1.16. The van der Waals surface area contributed by atoms with Crippen molar-refractivity contribution in [3.63, 3.8) is 0 Å². The number of hydrogen-bond acceptors (Lipinski definition) is 2. The summed E-state index contributed by atoms with van der Waals surface area (Å²) in [5, 5.41) is 3.75. The second-order valence-corrected chi connectivity index (χ2v) is 12.4. The molecule has 0 saturated carbocycles. The topological polar surface area (TPSA) is 26.3 Å². The Labute approximate surface area is 188 Å². The van der Waals surface area contributed by atoms with Gasteiger partial charge in [-0.15, -0.1) is 0 Å². The summed E-state index contributed by atoms with van der Waals surface area (Å²) in [4.78, 5) is 14.5. The first-order valence-corrected chi connectivity index (χ1v) is 13.2. The fourth-order valence-corrected chi connectivity index (χ4v) is 9.10. The molecule has 2 nitrogen and oxygen atoms in total. The summed E-state index contributed by atoms with van der Waals surface area (Å²) in [6, 6.07) is 10.4. The number of ether oxygens (including phenoxy) is 1. The molecule has 0 radical (unpaired) electrons. The quantitative estimate of drug-likeness (QED) is 0.391. The van der Waals surface area contributed by atoms with Crippen molar-refractivity contribution in [1.29, 1.82) is 0 Å². The van der Waals surface area contributed by atoms with E-state index in [2.05, 4.69) is 80.6 Å². The summed E-state index contributed by atoms with van der Waals surface area (Å²) >= 11 is 0. The van der Waals surface area contributed by atoms with E-state index in [0.717, 1.165) is 41.6 Å². The first kappa shape index (κ1) is 23.2. The molecule has 0 N–H and O–H groups in total. The summed E-state index contributed by atoms with van der Waals surface area (Å²) in [6.45, 7) is 6.23. The third-order valence-corrected chi connectivity index (χ3v) is 11.2. The normalized spacial score (nSPS) is 23.8. The Balaban J connectivity index is 2.25. The predicted octanol–water partition coefficient (Wildman–Crippen LogP) is 6.01. The van der Waals surface area contributed by atoms with E-state index in [9.17, 15) is 4.79 Å². The fourth-order valence-electron chi connectivity index (χ4n) is 4.50. The molecule has 1 unspecified atom stereocenters. The zero-order chi connectivity index (χ0) is 22.3. The van der Waals surface area contributed by atoms with Crippen LogP contribution in [0.2, 0.25) is 0 Å². The molecule has 31 heavy (non-hydrogen) atoms. The summed E-state index contributed by atoms with van der Waals surface area (Å²) in [5.74, 6) is 0. The lowest BCUT2D eigenvalue weighted by Gasteiger charge is -2.34. The minimum absolute atomic E-state index is 0.256. The lowest BCUT2D eigenvalue weighted by molar-refractivity contribution is -0.109. The van der Waals surface area contributed by atoms with Crippen molar-refractivity contribution in [3.8, 4) is 0 Å². The van der Waals surface area contributed by atoms with Crippen molar-refractivity contribution >= 4 is 18.7 Å². The second-order valence-electron chi connectivity index (χ2n) is 8.51. The Hall–Kier alpha value is -2.49. The van der Waals surface area contributed by atoms with Crippen molar-refractivity contribution in [1.82, 2.24) is 0 Å². The van der Waals surface area contributed by atoms with Crippen LogP contribution in [0, 0.1) is 0 Å². The predicted molar refractivity (Wildman–Crippen MR) is 134 cm³/mol. The van der Waals surface area contributed by atoms with Gasteiger partial charge in [0, 0.05) is 12.7 Å². The highest BCUT2D eigenvalue weighted by atomic mass is 28.3. The molecule has 3 heteroatoms. The van der Waals surface area contributed by atoms with Gasteiger partial charge in [0.15, 0.2) is 5.41 Å². The van der Waals surface area contributed by atoms with E-state index in [4.69, 9.17) is 4.74 Å². The number of hydrogen-bond donors (Lipinski definition) is 0. The standard InChI is InChI=1S/C28H34O2Si/c1-5-6-14-23(2)31(25-16-9-7-10-17-25,26-18-11-8-12-19-26)27(29)24-15-13-21-28(3,30-4)22-20-24/h5-7,9-11,14-20,22H,8,12-13,21H2,1-4H3/b6-5-,23-14+/t28-,31?/m0/s1. The van der Waals surface area contributed by atoms with Gasteiger partial charge >= 0.3 is 0 Å². The number of carbonyl (C=O) groups excluding carboxylic acids is 1. The number of carbonyl (C=O) groups is 1. The molecule has 0 aliphatic heterocycles. The fraction of sp³-hybridized carbons (Fsp3) is 0.321. The van der Waals surface area contributed by atoms with E-state index < -0.39 is 8.07 Å². The molecule has 2 atom stereocenters. The molecule has 0 fully saturated rings. The lowest BCUT2D eigenvalue weighted by atomic mass is 10.0. The van der Waals surface area contributed by atoms with Crippen LogP contribution in [0.1, 0.15) is 46.5 Å². The molecule has 1 aromatic rings. The molecule has 0 spiro atoms. The molecule has 3 rings (SSSR count). The van der Waals surface area contributed by atoms with Crippen molar-refractivity contribution in [3.05, 3.63) is 101 Å². The van der Waals surface area contributed by atoms with Crippen LogP contribution in [-0.2, 0) is 9.53 Å². The molecule has 0 heterocycles. The van der Waals surface area contributed by atoms with Gasteiger partial charge in [-0.25, -0.2) is 0 Å². The Kier molecular flexibility index (Phi) is 7.63.